The first-order chi connectivity index (χ1) is 27.0. The highest BCUT2D eigenvalue weighted by Gasteiger charge is 2.52. The molecular weight excluding hydrogens is 793 g/mol. The fourth-order valence-electron chi connectivity index (χ4n) is 9.15. The first kappa shape index (κ1) is 45.0. The number of rotatable bonds is 11. The van der Waals surface area contributed by atoms with Gasteiger partial charge in [-0.1, -0.05) is 12.1 Å². The molecule has 0 spiro atoms. The molecule has 2 N–H and O–H groups in total. The number of alkyl halides is 3. The van der Waals surface area contributed by atoms with Crippen LogP contribution in [0.5, 0.6) is 0 Å². The van der Waals surface area contributed by atoms with Gasteiger partial charge in [-0.25, -0.2) is 0 Å². The second-order valence-corrected chi connectivity index (χ2v) is 16.9. The van der Waals surface area contributed by atoms with Crippen molar-refractivity contribution in [2.24, 2.45) is 5.92 Å². The SMILES string of the molecule is C[C@@H]1CC(OCCCC2CCC(N3C(=S)N(c4ccc(C#N)c(C(F)(F)F)c4)C(=O)C3(C)C)CC2)C[C@H](C)N1CC(=O)Nc1ccc(C2CCC(=O)NC2=O)cc1.Cl. The average Bonchev–Trinajstić information content (AvgIpc) is 3.33. The maximum absolute atomic E-state index is 13.7. The van der Waals surface area contributed by atoms with Crippen LogP contribution in [0.4, 0.5) is 24.5 Å². The zero-order valence-electron chi connectivity index (χ0n) is 33.3. The van der Waals surface area contributed by atoms with Crippen molar-refractivity contribution in [2.75, 3.05) is 23.4 Å². The van der Waals surface area contributed by atoms with Crippen LogP contribution in [0, 0.1) is 17.2 Å². The fraction of sp³-hybridized carbons (Fsp3) is 0.571. The zero-order valence-corrected chi connectivity index (χ0v) is 34.9. The average molecular weight is 845 g/mol. The van der Waals surface area contributed by atoms with Gasteiger partial charge in [0, 0.05) is 36.8 Å². The van der Waals surface area contributed by atoms with Crippen LogP contribution in [-0.2, 0) is 30.1 Å². The molecule has 1 saturated carbocycles. The molecule has 0 aromatic heterocycles. The van der Waals surface area contributed by atoms with Gasteiger partial charge in [0.25, 0.3) is 5.91 Å². The van der Waals surface area contributed by atoms with Crippen molar-refractivity contribution in [3.63, 3.8) is 0 Å². The molecule has 0 bridgehead atoms. The number of anilines is 2. The molecule has 4 atom stereocenters. The minimum atomic E-state index is -4.75. The zero-order chi connectivity index (χ0) is 41.2. The smallest absolute Gasteiger partial charge is 0.378 e. The van der Waals surface area contributed by atoms with Crippen LogP contribution in [-0.4, -0.2) is 81.5 Å². The Kier molecular flexibility index (Phi) is 14.3. The number of halogens is 4. The summed E-state index contributed by atoms with van der Waals surface area (Å²) in [5.74, 6) is -0.918. The molecule has 2 aromatic rings. The standard InChI is InChI=1S/C42H51F3N6O5S.ClH/c1-25-20-33(21-26(2)49(25)24-37(53)47-30-12-9-28(10-13-30)34-17-18-36(52)48-38(34)54)56-19-5-6-27-7-14-31(15-8-27)51-40(57)50(39(55)41(51,3)4)32-16-11-29(23-46)35(22-32)42(43,44)45;/h9-13,16,22,25-27,31,33-34H,5-8,14-15,17-21,24H2,1-4H3,(H,47,53)(H,48,52,54);1H/t25-,26+,27?,31?,33?,34?;. The van der Waals surface area contributed by atoms with E-state index in [1.54, 1.807) is 32.0 Å². The van der Waals surface area contributed by atoms with Crippen LogP contribution < -0.4 is 15.5 Å². The largest absolute Gasteiger partial charge is 0.417 e. The summed E-state index contributed by atoms with van der Waals surface area (Å²) in [7, 11) is 0. The molecule has 0 radical (unpaired) electrons. The number of hydrogen-bond acceptors (Lipinski definition) is 8. The van der Waals surface area contributed by atoms with Gasteiger partial charge < -0.3 is 15.0 Å². The third-order valence-electron chi connectivity index (χ3n) is 12.2. The molecule has 16 heteroatoms. The molecule has 3 heterocycles. The van der Waals surface area contributed by atoms with Crippen LogP contribution in [0.15, 0.2) is 42.5 Å². The van der Waals surface area contributed by atoms with Crippen molar-refractivity contribution in [2.45, 2.75) is 134 Å². The minimum absolute atomic E-state index is 0. The quantitative estimate of drug-likeness (QED) is 0.134. The lowest BCUT2D eigenvalue weighted by Crippen LogP contribution is -2.51. The monoisotopic (exact) mass is 844 g/mol. The highest BCUT2D eigenvalue weighted by atomic mass is 35.5. The summed E-state index contributed by atoms with van der Waals surface area (Å²) in [5.41, 5.74) is -1.16. The molecule has 3 aliphatic heterocycles. The summed E-state index contributed by atoms with van der Waals surface area (Å²) in [4.78, 5) is 55.6. The molecule has 6 rings (SSSR count). The van der Waals surface area contributed by atoms with Crippen molar-refractivity contribution in [3.05, 3.63) is 59.2 Å². The van der Waals surface area contributed by atoms with E-state index in [2.05, 4.69) is 29.4 Å². The Morgan fingerprint density at radius 3 is 2.28 bits per heavy atom. The number of nitriles is 1. The molecule has 4 fully saturated rings. The Bertz CT molecular complexity index is 1900. The number of likely N-dealkylation sites (tertiary alicyclic amines) is 1. The maximum atomic E-state index is 13.7. The predicted octanol–water partition coefficient (Wildman–Crippen LogP) is 7.47. The maximum Gasteiger partial charge on any atom is 0.417 e. The highest BCUT2D eigenvalue weighted by Crippen LogP contribution is 2.42. The van der Waals surface area contributed by atoms with Crippen LogP contribution in [0.2, 0.25) is 0 Å². The molecule has 2 aromatic carbocycles. The second kappa shape index (κ2) is 18.4. The lowest BCUT2D eigenvalue weighted by molar-refractivity contribution is -0.138. The topological polar surface area (TPSA) is 135 Å². The summed E-state index contributed by atoms with van der Waals surface area (Å²) in [6, 6.07) is 12.4. The van der Waals surface area contributed by atoms with Crippen molar-refractivity contribution >= 4 is 64.7 Å². The Hall–Kier alpha value is -4.10. The van der Waals surface area contributed by atoms with Crippen LogP contribution in [0.25, 0.3) is 0 Å². The summed E-state index contributed by atoms with van der Waals surface area (Å²) in [5, 5.41) is 14.8. The molecule has 314 valence electrons. The van der Waals surface area contributed by atoms with E-state index in [0.29, 0.717) is 31.1 Å². The highest BCUT2D eigenvalue weighted by molar-refractivity contribution is 7.80. The van der Waals surface area contributed by atoms with E-state index < -0.39 is 28.7 Å². The van der Waals surface area contributed by atoms with Gasteiger partial charge in [-0.05, 0) is 140 Å². The molecule has 3 saturated heterocycles. The molecule has 2 unspecified atom stereocenters. The van der Waals surface area contributed by atoms with Gasteiger partial charge in [0.2, 0.25) is 17.7 Å². The van der Waals surface area contributed by atoms with Gasteiger partial charge in [-0.3, -0.25) is 34.3 Å². The summed E-state index contributed by atoms with van der Waals surface area (Å²) >= 11 is 5.75. The normalized spacial score (nSPS) is 26.5. The van der Waals surface area contributed by atoms with Gasteiger partial charge in [0.1, 0.15) is 5.54 Å². The Balaban J connectivity index is 0.00000641. The molecule has 11 nitrogen and oxygen atoms in total. The number of carbonyl (C=O) groups excluding carboxylic acids is 4. The van der Waals surface area contributed by atoms with Gasteiger partial charge in [0.05, 0.1) is 41.5 Å². The molecular formula is C42H52ClF3N6O5S. The van der Waals surface area contributed by atoms with Crippen LogP contribution in [0.1, 0.15) is 115 Å². The summed E-state index contributed by atoms with van der Waals surface area (Å²) in [6.07, 6.45) is 3.23. The summed E-state index contributed by atoms with van der Waals surface area (Å²) < 4.78 is 47.5. The third kappa shape index (κ3) is 9.84. The number of carbonyl (C=O) groups is 4. The van der Waals surface area contributed by atoms with Crippen molar-refractivity contribution in [3.8, 4) is 6.07 Å². The van der Waals surface area contributed by atoms with Crippen LogP contribution >= 0.6 is 24.6 Å². The Morgan fingerprint density at radius 1 is 1.02 bits per heavy atom. The van der Waals surface area contributed by atoms with Crippen molar-refractivity contribution in [1.82, 2.24) is 15.1 Å². The number of ether oxygens (including phenoxy) is 1. The van der Waals surface area contributed by atoms with E-state index in [-0.39, 0.29) is 77.6 Å². The fourth-order valence-corrected chi connectivity index (χ4v) is 9.72. The number of nitrogens with zero attached hydrogens (tertiary/aromatic N) is 4. The first-order valence-electron chi connectivity index (χ1n) is 19.9. The Labute approximate surface area is 349 Å². The van der Waals surface area contributed by atoms with E-state index in [9.17, 15) is 37.6 Å². The predicted molar refractivity (Wildman–Crippen MR) is 219 cm³/mol. The number of amides is 4. The number of imide groups is 1. The first-order valence-corrected chi connectivity index (χ1v) is 20.3. The van der Waals surface area contributed by atoms with Crippen LogP contribution in [0.3, 0.4) is 0 Å². The van der Waals surface area contributed by atoms with Crippen molar-refractivity contribution in [1.29, 1.82) is 5.26 Å². The molecule has 58 heavy (non-hydrogen) atoms. The number of benzene rings is 2. The Morgan fingerprint density at radius 2 is 1.67 bits per heavy atom. The molecule has 1 aliphatic carbocycles. The molecule has 4 aliphatic rings. The summed E-state index contributed by atoms with van der Waals surface area (Å²) in [6.45, 7) is 8.67. The van der Waals surface area contributed by atoms with Crippen molar-refractivity contribution < 1.29 is 37.1 Å². The third-order valence-corrected chi connectivity index (χ3v) is 12.6. The van der Waals surface area contributed by atoms with E-state index in [0.717, 1.165) is 69.1 Å². The number of hydrogen-bond donors (Lipinski definition) is 2. The second-order valence-electron chi connectivity index (χ2n) is 16.5. The van der Waals surface area contributed by atoms with Gasteiger partial charge in [0.15, 0.2) is 5.11 Å². The number of nitrogens with one attached hydrogen (secondary N) is 2. The minimum Gasteiger partial charge on any atom is -0.378 e. The van der Waals surface area contributed by atoms with E-state index in [4.69, 9.17) is 17.0 Å². The van der Waals surface area contributed by atoms with E-state index >= 15 is 0 Å². The van der Waals surface area contributed by atoms with E-state index in [1.165, 1.54) is 11.0 Å². The van der Waals surface area contributed by atoms with Gasteiger partial charge >= 0.3 is 6.18 Å². The lowest BCUT2D eigenvalue weighted by atomic mass is 9.82. The van der Waals surface area contributed by atoms with Gasteiger partial charge in [-0.15, -0.1) is 12.4 Å². The lowest BCUT2D eigenvalue weighted by Gasteiger charge is -2.42. The number of thiocarbonyl (C=S) groups is 1. The van der Waals surface area contributed by atoms with E-state index in [1.807, 2.05) is 17.0 Å². The molecule has 4 amide bonds. The number of piperidine rings is 2. The van der Waals surface area contributed by atoms with Gasteiger partial charge in [-0.2, -0.15) is 18.4 Å².